The lowest BCUT2D eigenvalue weighted by Gasteiger charge is -2.12. The molecule has 0 radical (unpaired) electrons. The molecule has 8 heteroatoms. The zero-order valence-electron chi connectivity index (χ0n) is 13.0. The first-order valence-corrected chi connectivity index (χ1v) is 7.27. The van der Waals surface area contributed by atoms with Gasteiger partial charge in [0.15, 0.2) is 11.5 Å². The van der Waals surface area contributed by atoms with Crippen LogP contribution in [0.2, 0.25) is 5.02 Å². The van der Waals surface area contributed by atoms with Crippen LogP contribution in [-0.2, 0) is 6.54 Å². The molecule has 0 aliphatic rings. The maximum Gasteiger partial charge on any atom is 0.269 e. The molecule has 2 aromatic carbocycles. The summed E-state index contributed by atoms with van der Waals surface area (Å²) in [7, 11) is 3.01. The summed E-state index contributed by atoms with van der Waals surface area (Å²) >= 11 is 6.16. The van der Waals surface area contributed by atoms with E-state index in [4.69, 9.17) is 21.1 Å². The SMILES string of the molecule is COc1cc(Cl)c(CNC(=O)c2ccc([N+](=O)[O-])cc2)cc1OC. The highest BCUT2D eigenvalue weighted by atomic mass is 35.5. The van der Waals surface area contributed by atoms with Gasteiger partial charge in [-0.2, -0.15) is 0 Å². The molecule has 2 aromatic rings. The van der Waals surface area contributed by atoms with Crippen molar-refractivity contribution in [1.82, 2.24) is 5.32 Å². The lowest BCUT2D eigenvalue weighted by atomic mass is 10.1. The van der Waals surface area contributed by atoms with E-state index in [1.54, 1.807) is 12.1 Å². The van der Waals surface area contributed by atoms with E-state index in [1.807, 2.05) is 0 Å². The Morgan fingerprint density at radius 2 is 1.75 bits per heavy atom. The monoisotopic (exact) mass is 350 g/mol. The minimum absolute atomic E-state index is 0.0746. The van der Waals surface area contributed by atoms with Gasteiger partial charge < -0.3 is 14.8 Å². The Bertz CT molecular complexity index is 762. The van der Waals surface area contributed by atoms with E-state index in [2.05, 4.69) is 5.32 Å². The van der Waals surface area contributed by atoms with Crippen LogP contribution in [0.15, 0.2) is 36.4 Å². The zero-order chi connectivity index (χ0) is 17.7. The Morgan fingerprint density at radius 1 is 1.17 bits per heavy atom. The highest BCUT2D eigenvalue weighted by molar-refractivity contribution is 6.31. The van der Waals surface area contributed by atoms with Crippen LogP contribution in [0.4, 0.5) is 5.69 Å². The predicted octanol–water partition coefficient (Wildman–Crippen LogP) is 3.20. The number of carbonyl (C=O) groups excluding carboxylic acids is 1. The number of benzene rings is 2. The predicted molar refractivity (Wildman–Crippen MR) is 88.8 cm³/mol. The normalized spacial score (nSPS) is 10.1. The first-order chi connectivity index (χ1) is 11.5. The average molecular weight is 351 g/mol. The number of carbonyl (C=O) groups is 1. The third kappa shape index (κ3) is 3.94. The molecule has 0 fully saturated rings. The van der Waals surface area contributed by atoms with Crippen LogP contribution in [0, 0.1) is 10.1 Å². The third-order valence-corrected chi connectivity index (χ3v) is 3.68. The molecule has 0 atom stereocenters. The van der Waals surface area contributed by atoms with Gasteiger partial charge in [-0.25, -0.2) is 0 Å². The van der Waals surface area contributed by atoms with Crippen molar-refractivity contribution in [2.45, 2.75) is 6.54 Å². The minimum Gasteiger partial charge on any atom is -0.493 e. The largest absolute Gasteiger partial charge is 0.493 e. The van der Waals surface area contributed by atoms with E-state index in [-0.39, 0.29) is 18.1 Å². The van der Waals surface area contributed by atoms with E-state index in [9.17, 15) is 14.9 Å². The molecule has 7 nitrogen and oxygen atoms in total. The molecule has 1 amide bonds. The van der Waals surface area contributed by atoms with E-state index in [1.165, 1.54) is 38.5 Å². The van der Waals surface area contributed by atoms with Crippen molar-refractivity contribution in [3.8, 4) is 11.5 Å². The fourth-order valence-corrected chi connectivity index (χ4v) is 2.26. The number of nitro benzene ring substituents is 1. The number of amides is 1. The molecule has 0 aliphatic carbocycles. The number of ether oxygens (including phenoxy) is 2. The molecular formula is C16H15ClN2O5. The van der Waals surface area contributed by atoms with Gasteiger partial charge in [-0.15, -0.1) is 0 Å². The molecule has 0 bridgehead atoms. The lowest BCUT2D eigenvalue weighted by molar-refractivity contribution is -0.384. The molecular weight excluding hydrogens is 336 g/mol. The van der Waals surface area contributed by atoms with E-state index in [0.29, 0.717) is 27.6 Å². The van der Waals surface area contributed by atoms with Gasteiger partial charge in [0.2, 0.25) is 0 Å². The standard InChI is InChI=1S/C16H15ClN2O5/c1-23-14-7-11(13(17)8-15(14)24-2)9-18-16(20)10-3-5-12(6-4-10)19(21)22/h3-8H,9H2,1-2H3,(H,18,20). The van der Waals surface area contributed by atoms with Gasteiger partial charge in [0.05, 0.1) is 19.1 Å². The fourth-order valence-electron chi connectivity index (χ4n) is 2.04. The molecule has 0 heterocycles. The molecule has 0 saturated carbocycles. The second-order valence-corrected chi connectivity index (χ2v) is 5.19. The van der Waals surface area contributed by atoms with E-state index >= 15 is 0 Å². The van der Waals surface area contributed by atoms with Crippen LogP contribution >= 0.6 is 11.6 Å². The van der Waals surface area contributed by atoms with Gasteiger partial charge in [-0.05, 0) is 23.8 Å². The number of hydrogen-bond donors (Lipinski definition) is 1. The maximum atomic E-state index is 12.1. The van der Waals surface area contributed by atoms with Gasteiger partial charge in [0, 0.05) is 35.3 Å². The highest BCUT2D eigenvalue weighted by Gasteiger charge is 2.12. The van der Waals surface area contributed by atoms with Crippen LogP contribution < -0.4 is 14.8 Å². The Balaban J connectivity index is 2.10. The van der Waals surface area contributed by atoms with Crippen molar-refractivity contribution in [2.24, 2.45) is 0 Å². The Kier molecular flexibility index (Phi) is 5.59. The number of non-ortho nitro benzene ring substituents is 1. The molecule has 0 saturated heterocycles. The van der Waals surface area contributed by atoms with Crippen molar-refractivity contribution in [3.63, 3.8) is 0 Å². The van der Waals surface area contributed by atoms with Crippen LogP contribution in [0.5, 0.6) is 11.5 Å². The second kappa shape index (κ2) is 7.65. The number of methoxy groups -OCH3 is 2. The quantitative estimate of drug-likeness (QED) is 0.638. The van der Waals surface area contributed by atoms with Gasteiger partial charge in [0.25, 0.3) is 11.6 Å². The number of hydrogen-bond acceptors (Lipinski definition) is 5. The summed E-state index contributed by atoms with van der Waals surface area (Å²) in [6.07, 6.45) is 0. The first kappa shape index (κ1) is 17.6. The third-order valence-electron chi connectivity index (χ3n) is 3.33. The molecule has 0 unspecified atom stereocenters. The van der Waals surface area contributed by atoms with Crippen molar-refractivity contribution in [3.05, 3.63) is 62.7 Å². The second-order valence-electron chi connectivity index (χ2n) is 4.79. The summed E-state index contributed by atoms with van der Waals surface area (Å²) in [5.41, 5.74) is 0.899. The molecule has 126 valence electrons. The lowest BCUT2D eigenvalue weighted by Crippen LogP contribution is -2.23. The van der Waals surface area contributed by atoms with Crippen LogP contribution in [0.1, 0.15) is 15.9 Å². The minimum atomic E-state index is -0.523. The Morgan fingerprint density at radius 3 is 2.29 bits per heavy atom. The van der Waals surface area contributed by atoms with Gasteiger partial charge in [-0.1, -0.05) is 11.6 Å². The fraction of sp³-hybridized carbons (Fsp3) is 0.188. The molecule has 2 rings (SSSR count). The van der Waals surface area contributed by atoms with E-state index in [0.717, 1.165) is 0 Å². The molecule has 24 heavy (non-hydrogen) atoms. The highest BCUT2D eigenvalue weighted by Crippen LogP contribution is 2.33. The van der Waals surface area contributed by atoms with Crippen molar-refractivity contribution in [2.75, 3.05) is 14.2 Å². The van der Waals surface area contributed by atoms with Crippen molar-refractivity contribution in [1.29, 1.82) is 0 Å². The summed E-state index contributed by atoms with van der Waals surface area (Å²) in [6.45, 7) is 0.176. The van der Waals surface area contributed by atoms with Gasteiger partial charge in [-0.3, -0.25) is 14.9 Å². The Labute approximate surface area is 143 Å². The van der Waals surface area contributed by atoms with Crippen LogP contribution in [-0.4, -0.2) is 25.1 Å². The summed E-state index contributed by atoms with van der Waals surface area (Å²) in [5, 5.41) is 13.7. The van der Waals surface area contributed by atoms with E-state index < -0.39 is 4.92 Å². The molecule has 0 aliphatic heterocycles. The number of rotatable bonds is 6. The summed E-state index contributed by atoms with van der Waals surface area (Å²) in [5.74, 6) is 0.630. The van der Waals surface area contributed by atoms with Crippen molar-refractivity contribution >= 4 is 23.2 Å². The van der Waals surface area contributed by atoms with Gasteiger partial charge >= 0.3 is 0 Å². The van der Waals surface area contributed by atoms with Gasteiger partial charge in [0.1, 0.15) is 0 Å². The Hall–Kier alpha value is -2.80. The summed E-state index contributed by atoms with van der Waals surface area (Å²) < 4.78 is 10.3. The maximum absolute atomic E-state index is 12.1. The molecule has 1 N–H and O–H groups in total. The summed E-state index contributed by atoms with van der Waals surface area (Å²) in [4.78, 5) is 22.2. The average Bonchev–Trinajstić information content (AvgIpc) is 2.60. The number of nitrogens with zero attached hydrogens (tertiary/aromatic N) is 1. The number of nitrogens with one attached hydrogen (secondary N) is 1. The summed E-state index contributed by atoms with van der Waals surface area (Å²) in [6, 6.07) is 8.62. The topological polar surface area (TPSA) is 90.7 Å². The number of halogens is 1. The molecule has 0 spiro atoms. The zero-order valence-corrected chi connectivity index (χ0v) is 13.8. The molecule has 0 aromatic heterocycles. The van der Waals surface area contributed by atoms with Crippen LogP contribution in [0.25, 0.3) is 0 Å². The first-order valence-electron chi connectivity index (χ1n) is 6.89. The number of nitro groups is 1. The smallest absolute Gasteiger partial charge is 0.269 e. The van der Waals surface area contributed by atoms with Crippen molar-refractivity contribution < 1.29 is 19.2 Å². The van der Waals surface area contributed by atoms with Crippen LogP contribution in [0.3, 0.4) is 0 Å².